The third kappa shape index (κ3) is 17.8. The van der Waals surface area contributed by atoms with Gasteiger partial charge in [0, 0.05) is 49.9 Å². The van der Waals surface area contributed by atoms with Gasteiger partial charge in [0.15, 0.2) is 0 Å². The molecule has 6 nitrogen and oxygen atoms in total. The fraction of sp³-hybridized carbons (Fsp3) is 0.724. The fourth-order valence-corrected chi connectivity index (χ4v) is 4.92. The number of benzene rings is 1. The summed E-state index contributed by atoms with van der Waals surface area (Å²) in [5.74, 6) is 1.74. The molecule has 0 unspecified atom stereocenters. The maximum absolute atomic E-state index is 12.5. The number of thioether (sulfide) groups is 2. The number of ether oxygens (including phenoxy) is 2. The van der Waals surface area contributed by atoms with Gasteiger partial charge in [-0.2, -0.15) is 11.8 Å². The molecule has 0 saturated carbocycles. The standard InChI is InChI=1S/C29H50N2O4S2/c1-4-6-7-8-9-10-11-19-34-21-14-22-35-20-12-15-28(32)31-26-24-25(16-17-27(26)37-5-2)29(33)30-18-13-23-36-3/h16-17,24H,4-15,18-23H2,1-3H3,(H,30,33)(H,31,32). The zero-order chi connectivity index (χ0) is 27.0. The number of carbonyl (C=O) groups is 2. The summed E-state index contributed by atoms with van der Waals surface area (Å²) in [6, 6.07) is 5.52. The highest BCUT2D eigenvalue weighted by molar-refractivity contribution is 7.99. The molecule has 2 amide bonds. The molecule has 0 aliphatic carbocycles. The van der Waals surface area contributed by atoms with E-state index in [0.717, 1.165) is 48.9 Å². The van der Waals surface area contributed by atoms with E-state index >= 15 is 0 Å². The number of nitrogens with one attached hydrogen (secondary N) is 2. The van der Waals surface area contributed by atoms with Gasteiger partial charge in [-0.3, -0.25) is 9.59 Å². The Hall–Kier alpha value is -1.22. The highest BCUT2D eigenvalue weighted by atomic mass is 32.2. The SMILES string of the molecule is CCCCCCCCCOCCCOCCCC(=O)Nc1cc(C(=O)NCCCSC)ccc1SCC. The second kappa shape index (κ2) is 23.9. The smallest absolute Gasteiger partial charge is 0.251 e. The summed E-state index contributed by atoms with van der Waals surface area (Å²) >= 11 is 3.42. The molecule has 8 heteroatoms. The molecule has 0 heterocycles. The van der Waals surface area contributed by atoms with E-state index in [0.29, 0.717) is 43.9 Å². The normalized spacial score (nSPS) is 11.0. The van der Waals surface area contributed by atoms with Gasteiger partial charge in [-0.25, -0.2) is 0 Å². The quantitative estimate of drug-likeness (QED) is 0.104. The molecule has 0 spiro atoms. The van der Waals surface area contributed by atoms with Gasteiger partial charge in [0.2, 0.25) is 5.91 Å². The van der Waals surface area contributed by atoms with E-state index in [-0.39, 0.29) is 11.8 Å². The molecule has 0 bridgehead atoms. The van der Waals surface area contributed by atoms with Crippen LogP contribution in [0.2, 0.25) is 0 Å². The third-order valence-electron chi connectivity index (χ3n) is 5.79. The van der Waals surface area contributed by atoms with Gasteiger partial charge in [0.1, 0.15) is 0 Å². The van der Waals surface area contributed by atoms with E-state index < -0.39 is 0 Å². The summed E-state index contributed by atoms with van der Waals surface area (Å²) in [5.41, 5.74) is 1.27. The average molecular weight is 555 g/mol. The molecular weight excluding hydrogens is 504 g/mol. The topological polar surface area (TPSA) is 76.7 Å². The molecule has 2 N–H and O–H groups in total. The molecule has 0 fully saturated rings. The predicted octanol–water partition coefficient (Wildman–Crippen LogP) is 7.17. The van der Waals surface area contributed by atoms with Crippen molar-refractivity contribution in [1.29, 1.82) is 0 Å². The Kier molecular flexibility index (Phi) is 21.8. The van der Waals surface area contributed by atoms with Crippen LogP contribution in [0.1, 0.15) is 94.8 Å². The molecular formula is C29H50N2O4S2. The fourth-order valence-electron chi connectivity index (χ4n) is 3.75. The number of carbonyl (C=O) groups excluding carboxylic acids is 2. The summed E-state index contributed by atoms with van der Waals surface area (Å²) in [5, 5.41) is 5.95. The largest absolute Gasteiger partial charge is 0.381 e. The molecule has 0 aliphatic rings. The average Bonchev–Trinajstić information content (AvgIpc) is 2.90. The van der Waals surface area contributed by atoms with E-state index in [4.69, 9.17) is 9.47 Å². The van der Waals surface area contributed by atoms with Crippen LogP contribution in [0.3, 0.4) is 0 Å². The molecule has 0 aliphatic heterocycles. The van der Waals surface area contributed by atoms with Gasteiger partial charge in [0.25, 0.3) is 5.91 Å². The van der Waals surface area contributed by atoms with Gasteiger partial charge in [-0.05, 0) is 61.6 Å². The monoisotopic (exact) mass is 554 g/mol. The molecule has 212 valence electrons. The van der Waals surface area contributed by atoms with Crippen LogP contribution in [-0.4, -0.2) is 62.5 Å². The van der Waals surface area contributed by atoms with Crippen molar-refractivity contribution >= 4 is 41.0 Å². The van der Waals surface area contributed by atoms with E-state index in [2.05, 4.69) is 30.7 Å². The lowest BCUT2D eigenvalue weighted by molar-refractivity contribution is -0.116. The van der Waals surface area contributed by atoms with Crippen molar-refractivity contribution in [2.75, 3.05) is 56.1 Å². The lowest BCUT2D eigenvalue weighted by Gasteiger charge is -2.13. The maximum Gasteiger partial charge on any atom is 0.251 e. The Balaban J connectivity index is 2.20. The first kappa shape index (κ1) is 33.8. The van der Waals surface area contributed by atoms with E-state index in [1.165, 1.54) is 38.5 Å². The summed E-state index contributed by atoms with van der Waals surface area (Å²) < 4.78 is 11.4. The number of rotatable bonds is 24. The van der Waals surface area contributed by atoms with Gasteiger partial charge in [0.05, 0.1) is 5.69 Å². The highest BCUT2D eigenvalue weighted by Crippen LogP contribution is 2.28. The molecule has 0 aromatic heterocycles. The van der Waals surface area contributed by atoms with Crippen LogP contribution in [-0.2, 0) is 14.3 Å². The van der Waals surface area contributed by atoms with Crippen molar-refractivity contribution in [3.63, 3.8) is 0 Å². The van der Waals surface area contributed by atoms with Crippen molar-refractivity contribution in [2.45, 2.75) is 89.4 Å². The number of anilines is 1. The Bertz CT molecular complexity index is 734. The van der Waals surface area contributed by atoms with E-state index in [1.54, 1.807) is 29.6 Å². The predicted molar refractivity (Wildman–Crippen MR) is 160 cm³/mol. The van der Waals surface area contributed by atoms with Gasteiger partial charge in [-0.15, -0.1) is 11.8 Å². The minimum Gasteiger partial charge on any atom is -0.381 e. The van der Waals surface area contributed by atoms with Crippen LogP contribution < -0.4 is 10.6 Å². The number of amides is 2. The second-order valence-corrected chi connectivity index (χ2v) is 11.4. The Morgan fingerprint density at radius 3 is 2.22 bits per heavy atom. The van der Waals surface area contributed by atoms with Gasteiger partial charge < -0.3 is 20.1 Å². The summed E-state index contributed by atoms with van der Waals surface area (Å²) in [4.78, 5) is 26.0. The summed E-state index contributed by atoms with van der Waals surface area (Å²) in [7, 11) is 0. The van der Waals surface area contributed by atoms with Gasteiger partial charge in [-0.1, -0.05) is 52.4 Å². The summed E-state index contributed by atoms with van der Waals surface area (Å²) in [6.07, 6.45) is 14.0. The number of hydrogen-bond acceptors (Lipinski definition) is 6. The minimum absolute atomic E-state index is 0.0582. The summed E-state index contributed by atoms with van der Waals surface area (Å²) in [6.45, 7) is 7.75. The van der Waals surface area contributed by atoms with Crippen LogP contribution in [0.5, 0.6) is 0 Å². The maximum atomic E-state index is 12.5. The first-order chi connectivity index (χ1) is 18.1. The third-order valence-corrected chi connectivity index (χ3v) is 7.44. The van der Waals surface area contributed by atoms with Gasteiger partial charge >= 0.3 is 0 Å². The van der Waals surface area contributed by atoms with Crippen LogP contribution >= 0.6 is 23.5 Å². The number of hydrogen-bond donors (Lipinski definition) is 2. The van der Waals surface area contributed by atoms with Crippen molar-refractivity contribution in [3.8, 4) is 0 Å². The van der Waals surface area contributed by atoms with Crippen molar-refractivity contribution in [2.24, 2.45) is 0 Å². The molecule has 1 aromatic rings. The van der Waals surface area contributed by atoms with Crippen LogP contribution in [0.25, 0.3) is 0 Å². The Labute approximate surface area is 234 Å². The second-order valence-electron chi connectivity index (χ2n) is 9.10. The molecule has 0 radical (unpaired) electrons. The Morgan fingerprint density at radius 2 is 1.51 bits per heavy atom. The van der Waals surface area contributed by atoms with Crippen molar-refractivity contribution in [1.82, 2.24) is 5.32 Å². The minimum atomic E-state index is -0.107. The molecule has 1 rings (SSSR count). The number of unbranched alkanes of at least 4 members (excludes halogenated alkanes) is 6. The zero-order valence-corrected chi connectivity index (χ0v) is 25.0. The Morgan fingerprint density at radius 1 is 0.838 bits per heavy atom. The van der Waals surface area contributed by atoms with E-state index in [1.807, 2.05) is 12.1 Å². The molecule has 0 atom stereocenters. The van der Waals surface area contributed by atoms with Crippen LogP contribution in [0, 0.1) is 0 Å². The lowest BCUT2D eigenvalue weighted by atomic mass is 10.1. The van der Waals surface area contributed by atoms with Crippen LogP contribution in [0.15, 0.2) is 23.1 Å². The lowest BCUT2D eigenvalue weighted by Crippen LogP contribution is -2.25. The first-order valence-corrected chi connectivity index (χ1v) is 16.5. The van der Waals surface area contributed by atoms with Crippen LogP contribution in [0.4, 0.5) is 5.69 Å². The van der Waals surface area contributed by atoms with Crippen molar-refractivity contribution in [3.05, 3.63) is 23.8 Å². The molecule has 1 aromatic carbocycles. The molecule has 37 heavy (non-hydrogen) atoms. The van der Waals surface area contributed by atoms with Crippen molar-refractivity contribution < 1.29 is 19.1 Å². The van der Waals surface area contributed by atoms with E-state index in [9.17, 15) is 9.59 Å². The first-order valence-electron chi connectivity index (χ1n) is 14.1. The highest BCUT2D eigenvalue weighted by Gasteiger charge is 2.12. The molecule has 0 saturated heterocycles. The zero-order valence-electron chi connectivity index (χ0n) is 23.4.